The first kappa shape index (κ1) is 25.5. The Morgan fingerprint density at radius 2 is 1.12 bits per heavy atom. The van der Waals surface area contributed by atoms with Gasteiger partial charge in [-0.2, -0.15) is 0 Å². The van der Waals surface area contributed by atoms with Crippen LogP contribution in [0.4, 0.5) is 0 Å². The summed E-state index contributed by atoms with van der Waals surface area (Å²) in [6, 6.07) is 11.4. The summed E-state index contributed by atoms with van der Waals surface area (Å²) in [5.41, 5.74) is 1.03. The molecule has 32 heavy (non-hydrogen) atoms. The van der Waals surface area contributed by atoms with E-state index in [0.717, 1.165) is 11.4 Å². The first-order valence-electron chi connectivity index (χ1n) is 11.3. The monoisotopic (exact) mass is 438 g/mol. The summed E-state index contributed by atoms with van der Waals surface area (Å²) in [6.07, 6.45) is 4.12. The number of amides is 2. The average molecular weight is 439 g/mol. The maximum absolute atomic E-state index is 13.2. The zero-order chi connectivity index (χ0) is 23.9. The van der Waals surface area contributed by atoms with Gasteiger partial charge in [-0.05, 0) is 71.7 Å². The van der Waals surface area contributed by atoms with Crippen molar-refractivity contribution in [1.82, 2.24) is 19.8 Å². The molecule has 6 nitrogen and oxygen atoms in total. The van der Waals surface area contributed by atoms with Crippen molar-refractivity contribution in [3.05, 3.63) is 60.2 Å². The van der Waals surface area contributed by atoms with Crippen LogP contribution in [0.5, 0.6) is 0 Å². The first-order chi connectivity index (χ1) is 14.9. The van der Waals surface area contributed by atoms with Crippen LogP contribution in [-0.4, -0.2) is 42.7 Å². The lowest BCUT2D eigenvalue weighted by molar-refractivity contribution is -0.140. The maximum Gasteiger partial charge on any atom is 0.223 e. The fraction of sp³-hybridized carbons (Fsp3) is 0.538. The summed E-state index contributed by atoms with van der Waals surface area (Å²) in [5.74, 6) is 0.00291. The lowest BCUT2D eigenvalue weighted by atomic mass is 9.97. The van der Waals surface area contributed by atoms with Crippen LogP contribution in [0, 0.1) is 5.92 Å². The van der Waals surface area contributed by atoms with E-state index < -0.39 is 0 Å². The highest BCUT2D eigenvalue weighted by atomic mass is 16.2. The number of hydrogen-bond donors (Lipinski definition) is 0. The molecule has 0 fully saturated rings. The van der Waals surface area contributed by atoms with Gasteiger partial charge < -0.3 is 9.80 Å². The van der Waals surface area contributed by atoms with E-state index in [2.05, 4.69) is 9.97 Å². The van der Waals surface area contributed by atoms with E-state index in [1.165, 1.54) is 0 Å². The molecule has 6 heteroatoms. The van der Waals surface area contributed by atoms with Crippen LogP contribution in [0.2, 0.25) is 0 Å². The van der Waals surface area contributed by atoms with E-state index in [0.29, 0.717) is 25.9 Å². The molecule has 0 radical (unpaired) electrons. The number of carbonyl (C=O) groups excluding carboxylic acids is 2. The third-order valence-corrected chi connectivity index (χ3v) is 5.36. The second-order valence-corrected chi connectivity index (χ2v) is 10.5. The van der Waals surface area contributed by atoms with Gasteiger partial charge in [-0.3, -0.25) is 19.6 Å². The molecule has 0 aliphatic heterocycles. The van der Waals surface area contributed by atoms with Crippen molar-refractivity contribution < 1.29 is 9.59 Å². The Balaban J connectivity index is 2.06. The summed E-state index contributed by atoms with van der Waals surface area (Å²) in [5, 5.41) is 0. The van der Waals surface area contributed by atoms with Crippen molar-refractivity contribution >= 4 is 11.8 Å². The third-order valence-electron chi connectivity index (χ3n) is 5.36. The van der Waals surface area contributed by atoms with E-state index in [1.807, 2.05) is 94.7 Å². The second kappa shape index (κ2) is 10.7. The van der Waals surface area contributed by atoms with Gasteiger partial charge in [-0.15, -0.1) is 0 Å². The van der Waals surface area contributed by atoms with E-state index in [9.17, 15) is 9.59 Å². The molecule has 2 amide bonds. The highest BCUT2D eigenvalue weighted by Gasteiger charge is 2.31. The molecule has 0 unspecified atom stereocenters. The zero-order valence-corrected chi connectivity index (χ0v) is 20.6. The highest BCUT2D eigenvalue weighted by Crippen LogP contribution is 2.23. The van der Waals surface area contributed by atoms with E-state index in [1.54, 1.807) is 12.4 Å². The Labute approximate surface area is 193 Å². The summed E-state index contributed by atoms with van der Waals surface area (Å²) in [6.45, 7) is 15.0. The molecule has 0 atom stereocenters. The largest absolute Gasteiger partial charge is 0.332 e. The van der Waals surface area contributed by atoms with Crippen LogP contribution in [0.15, 0.2) is 48.8 Å². The lowest BCUT2D eigenvalue weighted by Gasteiger charge is -2.37. The Kier molecular flexibility index (Phi) is 8.53. The minimum atomic E-state index is -0.339. The molecule has 0 aliphatic rings. The Morgan fingerprint density at radius 1 is 0.750 bits per heavy atom. The third kappa shape index (κ3) is 7.74. The standard InChI is InChI=1S/C26H38N4O2/c1-20(16-23(31)29(25(2,3)4)18-21-12-8-10-14-27-21)17-24(32)30(26(5,6)7)19-22-13-9-11-15-28-22/h8-15,20H,16-19H2,1-7H3. The van der Waals surface area contributed by atoms with Gasteiger partial charge in [0.1, 0.15) is 0 Å². The fourth-order valence-corrected chi connectivity index (χ4v) is 3.59. The summed E-state index contributed by atoms with van der Waals surface area (Å²) in [7, 11) is 0. The van der Waals surface area contributed by atoms with Crippen LogP contribution in [0.1, 0.15) is 72.7 Å². The second-order valence-electron chi connectivity index (χ2n) is 10.5. The smallest absolute Gasteiger partial charge is 0.223 e. The molecule has 174 valence electrons. The molecule has 2 aromatic heterocycles. The quantitative estimate of drug-likeness (QED) is 0.591. The van der Waals surface area contributed by atoms with Gasteiger partial charge in [0.05, 0.1) is 24.5 Å². The molecule has 0 aliphatic carbocycles. The van der Waals surface area contributed by atoms with E-state index in [-0.39, 0.29) is 28.8 Å². The molecule has 2 rings (SSSR count). The summed E-state index contributed by atoms with van der Waals surface area (Å²) in [4.78, 5) is 38.9. The predicted octanol–water partition coefficient (Wildman–Crippen LogP) is 4.85. The minimum Gasteiger partial charge on any atom is -0.332 e. The van der Waals surface area contributed by atoms with Gasteiger partial charge in [-0.1, -0.05) is 19.1 Å². The van der Waals surface area contributed by atoms with Crippen molar-refractivity contribution in [2.75, 3.05) is 0 Å². The summed E-state index contributed by atoms with van der Waals surface area (Å²) < 4.78 is 0. The van der Waals surface area contributed by atoms with Gasteiger partial charge in [0.2, 0.25) is 11.8 Å². The number of carbonyl (C=O) groups is 2. The summed E-state index contributed by atoms with van der Waals surface area (Å²) >= 11 is 0. The van der Waals surface area contributed by atoms with E-state index in [4.69, 9.17) is 0 Å². The Morgan fingerprint density at radius 3 is 1.41 bits per heavy atom. The molecule has 0 aromatic carbocycles. The van der Waals surface area contributed by atoms with Crippen molar-refractivity contribution in [2.24, 2.45) is 5.92 Å². The van der Waals surface area contributed by atoms with Gasteiger partial charge in [0.25, 0.3) is 0 Å². The van der Waals surface area contributed by atoms with Crippen molar-refractivity contribution in [2.45, 2.75) is 85.5 Å². The topological polar surface area (TPSA) is 66.4 Å². The number of aromatic nitrogens is 2. The van der Waals surface area contributed by atoms with Crippen LogP contribution < -0.4 is 0 Å². The van der Waals surface area contributed by atoms with Crippen LogP contribution in [-0.2, 0) is 22.7 Å². The number of hydrogen-bond acceptors (Lipinski definition) is 4. The average Bonchev–Trinajstić information content (AvgIpc) is 2.69. The molecule has 0 spiro atoms. The van der Waals surface area contributed by atoms with Crippen molar-refractivity contribution in [3.8, 4) is 0 Å². The SMILES string of the molecule is CC(CC(=O)N(Cc1ccccn1)C(C)(C)C)CC(=O)N(Cc1ccccn1)C(C)(C)C. The normalized spacial score (nSPS) is 12.0. The number of rotatable bonds is 8. The zero-order valence-electron chi connectivity index (χ0n) is 20.6. The molecule has 0 N–H and O–H groups in total. The maximum atomic E-state index is 13.2. The van der Waals surface area contributed by atoms with Gasteiger partial charge in [0.15, 0.2) is 0 Å². The first-order valence-corrected chi connectivity index (χ1v) is 11.3. The van der Waals surface area contributed by atoms with E-state index >= 15 is 0 Å². The molecular weight excluding hydrogens is 400 g/mol. The van der Waals surface area contributed by atoms with Gasteiger partial charge >= 0.3 is 0 Å². The highest BCUT2D eigenvalue weighted by molar-refractivity contribution is 5.80. The Bertz CT molecular complexity index is 797. The van der Waals surface area contributed by atoms with Gasteiger partial charge in [0, 0.05) is 36.3 Å². The fourth-order valence-electron chi connectivity index (χ4n) is 3.59. The van der Waals surface area contributed by atoms with Crippen LogP contribution in [0.3, 0.4) is 0 Å². The number of nitrogens with zero attached hydrogens (tertiary/aromatic N) is 4. The predicted molar refractivity (Wildman–Crippen MR) is 127 cm³/mol. The molecule has 2 heterocycles. The van der Waals surface area contributed by atoms with Crippen molar-refractivity contribution in [1.29, 1.82) is 0 Å². The lowest BCUT2D eigenvalue weighted by Crippen LogP contribution is -2.47. The molecular formula is C26H38N4O2. The number of pyridine rings is 2. The molecule has 0 saturated heterocycles. The Hall–Kier alpha value is -2.76. The van der Waals surface area contributed by atoms with Crippen LogP contribution in [0.25, 0.3) is 0 Å². The molecule has 0 saturated carbocycles. The molecule has 0 bridgehead atoms. The van der Waals surface area contributed by atoms with Crippen molar-refractivity contribution in [3.63, 3.8) is 0 Å². The minimum absolute atomic E-state index is 0.0375. The van der Waals surface area contributed by atoms with Crippen LogP contribution >= 0.6 is 0 Å². The van der Waals surface area contributed by atoms with Gasteiger partial charge in [-0.25, -0.2) is 0 Å². The molecule has 2 aromatic rings.